The number of aliphatic hydroxyl groups is 1. The Labute approximate surface area is 108 Å². The number of aromatic nitrogens is 2. The molecule has 1 heterocycles. The van der Waals surface area contributed by atoms with Crippen molar-refractivity contribution in [3.63, 3.8) is 0 Å². The van der Waals surface area contributed by atoms with E-state index in [0.717, 1.165) is 30.6 Å². The molecule has 0 spiro atoms. The van der Waals surface area contributed by atoms with Gasteiger partial charge in [0.1, 0.15) is 18.0 Å². The minimum Gasteiger partial charge on any atom is -0.392 e. The summed E-state index contributed by atoms with van der Waals surface area (Å²) in [4.78, 5) is 8.32. The minimum atomic E-state index is -0.246. The number of nitrogens with two attached hydrogens (primary N) is 1. The van der Waals surface area contributed by atoms with Crippen LogP contribution in [-0.2, 0) is 6.42 Å². The SMILES string of the molecule is CCCc1c(N)ncnc1NC1CC(O)C1(C)C. The minimum absolute atomic E-state index is 0.122. The van der Waals surface area contributed by atoms with Gasteiger partial charge in [-0.05, 0) is 12.8 Å². The molecule has 1 aromatic rings. The van der Waals surface area contributed by atoms with Crippen molar-refractivity contribution < 1.29 is 5.11 Å². The van der Waals surface area contributed by atoms with E-state index in [2.05, 4.69) is 36.1 Å². The highest BCUT2D eigenvalue weighted by Gasteiger charge is 2.47. The number of aliphatic hydroxyl groups excluding tert-OH is 1. The maximum atomic E-state index is 9.75. The third-order valence-electron chi connectivity index (χ3n) is 4.01. The summed E-state index contributed by atoms with van der Waals surface area (Å²) in [6.45, 7) is 6.22. The molecule has 1 aliphatic rings. The predicted octanol–water partition coefficient (Wildman–Crippen LogP) is 1.58. The summed E-state index contributed by atoms with van der Waals surface area (Å²) in [7, 11) is 0. The van der Waals surface area contributed by atoms with Crippen molar-refractivity contribution in [2.45, 2.75) is 52.2 Å². The van der Waals surface area contributed by atoms with Crippen molar-refractivity contribution in [2.24, 2.45) is 5.41 Å². The maximum absolute atomic E-state index is 9.75. The average Bonchev–Trinajstić information content (AvgIpc) is 2.33. The fourth-order valence-corrected chi connectivity index (χ4v) is 2.36. The molecule has 5 heteroatoms. The smallest absolute Gasteiger partial charge is 0.134 e. The number of nitrogen functional groups attached to an aromatic ring is 1. The van der Waals surface area contributed by atoms with Crippen LogP contribution >= 0.6 is 0 Å². The lowest BCUT2D eigenvalue weighted by Crippen LogP contribution is -2.57. The molecular formula is C13H22N4O. The molecule has 1 aliphatic carbocycles. The van der Waals surface area contributed by atoms with Crippen LogP contribution in [0, 0.1) is 5.41 Å². The van der Waals surface area contributed by atoms with Gasteiger partial charge in [0.25, 0.3) is 0 Å². The number of anilines is 2. The highest BCUT2D eigenvalue weighted by Crippen LogP contribution is 2.42. The number of hydrogen-bond acceptors (Lipinski definition) is 5. The van der Waals surface area contributed by atoms with Crippen molar-refractivity contribution in [1.82, 2.24) is 9.97 Å². The van der Waals surface area contributed by atoms with Crippen molar-refractivity contribution >= 4 is 11.6 Å². The molecule has 5 nitrogen and oxygen atoms in total. The second-order valence-corrected chi connectivity index (χ2v) is 5.61. The van der Waals surface area contributed by atoms with E-state index in [9.17, 15) is 5.11 Å². The average molecular weight is 250 g/mol. The molecule has 0 aromatic carbocycles. The molecule has 0 bridgehead atoms. The standard InChI is InChI=1S/C13H22N4O/c1-4-5-8-11(14)15-7-16-12(8)17-9-6-10(18)13(9,2)3/h7,9-10,18H,4-6H2,1-3H3,(H3,14,15,16,17). The zero-order valence-electron chi connectivity index (χ0n) is 11.3. The van der Waals surface area contributed by atoms with E-state index in [1.54, 1.807) is 0 Å². The summed E-state index contributed by atoms with van der Waals surface area (Å²) in [5.41, 5.74) is 6.76. The first-order valence-electron chi connectivity index (χ1n) is 6.50. The Morgan fingerprint density at radius 1 is 1.50 bits per heavy atom. The molecule has 4 N–H and O–H groups in total. The van der Waals surface area contributed by atoms with Crippen LogP contribution in [-0.4, -0.2) is 27.2 Å². The largest absolute Gasteiger partial charge is 0.392 e. The quantitative estimate of drug-likeness (QED) is 0.755. The van der Waals surface area contributed by atoms with Gasteiger partial charge in [-0.25, -0.2) is 9.97 Å². The predicted molar refractivity (Wildman–Crippen MR) is 72.3 cm³/mol. The third-order valence-corrected chi connectivity index (χ3v) is 4.01. The van der Waals surface area contributed by atoms with Crippen LogP contribution in [0.25, 0.3) is 0 Å². The van der Waals surface area contributed by atoms with E-state index >= 15 is 0 Å². The van der Waals surface area contributed by atoms with Gasteiger partial charge in [0.05, 0.1) is 6.10 Å². The third kappa shape index (κ3) is 2.14. The first-order chi connectivity index (χ1) is 8.46. The van der Waals surface area contributed by atoms with E-state index in [4.69, 9.17) is 5.73 Å². The Bertz CT molecular complexity index is 433. The van der Waals surface area contributed by atoms with Crippen molar-refractivity contribution in [3.8, 4) is 0 Å². The maximum Gasteiger partial charge on any atom is 0.134 e. The van der Waals surface area contributed by atoms with Crippen LogP contribution in [0.3, 0.4) is 0 Å². The second-order valence-electron chi connectivity index (χ2n) is 5.61. The van der Waals surface area contributed by atoms with Crippen LogP contribution in [0.5, 0.6) is 0 Å². The molecule has 0 radical (unpaired) electrons. The lowest BCUT2D eigenvalue weighted by molar-refractivity contribution is -0.0511. The number of nitrogens with zero attached hydrogens (tertiary/aromatic N) is 2. The van der Waals surface area contributed by atoms with E-state index in [1.807, 2.05) is 0 Å². The van der Waals surface area contributed by atoms with Crippen molar-refractivity contribution in [2.75, 3.05) is 11.1 Å². The lowest BCUT2D eigenvalue weighted by atomic mass is 9.64. The lowest BCUT2D eigenvalue weighted by Gasteiger charge is -2.49. The first-order valence-corrected chi connectivity index (χ1v) is 6.50. The molecule has 2 unspecified atom stereocenters. The van der Waals surface area contributed by atoms with Crippen LogP contribution < -0.4 is 11.1 Å². The Hall–Kier alpha value is -1.36. The molecule has 0 saturated heterocycles. The van der Waals surface area contributed by atoms with Gasteiger partial charge in [-0.2, -0.15) is 0 Å². The highest BCUT2D eigenvalue weighted by atomic mass is 16.3. The monoisotopic (exact) mass is 250 g/mol. The zero-order chi connectivity index (χ0) is 13.3. The topological polar surface area (TPSA) is 84.1 Å². The van der Waals surface area contributed by atoms with Crippen LogP contribution in [0.1, 0.15) is 39.2 Å². The van der Waals surface area contributed by atoms with Crippen molar-refractivity contribution in [1.29, 1.82) is 0 Å². The van der Waals surface area contributed by atoms with E-state index < -0.39 is 0 Å². The molecule has 1 saturated carbocycles. The Morgan fingerprint density at radius 3 is 2.78 bits per heavy atom. The van der Waals surface area contributed by atoms with Gasteiger partial charge >= 0.3 is 0 Å². The Balaban J connectivity index is 2.17. The van der Waals surface area contributed by atoms with Gasteiger partial charge in [-0.15, -0.1) is 0 Å². The van der Waals surface area contributed by atoms with Crippen LogP contribution in [0.15, 0.2) is 6.33 Å². The second kappa shape index (κ2) is 4.72. The summed E-state index contributed by atoms with van der Waals surface area (Å²) in [6.07, 6.45) is 3.86. The summed E-state index contributed by atoms with van der Waals surface area (Å²) in [5, 5.41) is 13.2. The fourth-order valence-electron chi connectivity index (χ4n) is 2.36. The van der Waals surface area contributed by atoms with E-state index in [-0.39, 0.29) is 17.6 Å². The number of nitrogens with one attached hydrogen (secondary N) is 1. The Kier molecular flexibility index (Phi) is 3.43. The number of hydrogen-bond donors (Lipinski definition) is 3. The van der Waals surface area contributed by atoms with E-state index in [1.165, 1.54) is 6.33 Å². The molecule has 18 heavy (non-hydrogen) atoms. The van der Waals surface area contributed by atoms with Gasteiger partial charge in [0.2, 0.25) is 0 Å². The summed E-state index contributed by atoms with van der Waals surface area (Å²) in [5.74, 6) is 1.36. The molecule has 2 rings (SSSR count). The van der Waals surface area contributed by atoms with Gasteiger partial charge in [-0.3, -0.25) is 0 Å². The molecule has 1 fully saturated rings. The molecule has 0 aliphatic heterocycles. The first kappa shape index (κ1) is 13.1. The zero-order valence-corrected chi connectivity index (χ0v) is 11.3. The van der Waals surface area contributed by atoms with Gasteiger partial charge in [0, 0.05) is 17.0 Å². The fraction of sp³-hybridized carbons (Fsp3) is 0.692. The molecule has 0 amide bonds. The van der Waals surface area contributed by atoms with Crippen LogP contribution in [0.2, 0.25) is 0 Å². The number of rotatable bonds is 4. The summed E-state index contributed by atoms with van der Waals surface area (Å²) >= 11 is 0. The summed E-state index contributed by atoms with van der Waals surface area (Å²) in [6, 6.07) is 0.234. The van der Waals surface area contributed by atoms with Gasteiger partial charge < -0.3 is 16.2 Å². The van der Waals surface area contributed by atoms with Gasteiger partial charge in [-0.1, -0.05) is 27.2 Å². The van der Waals surface area contributed by atoms with E-state index in [0.29, 0.717) is 5.82 Å². The van der Waals surface area contributed by atoms with Crippen LogP contribution in [0.4, 0.5) is 11.6 Å². The summed E-state index contributed by atoms with van der Waals surface area (Å²) < 4.78 is 0. The normalized spacial score (nSPS) is 25.6. The highest BCUT2D eigenvalue weighted by molar-refractivity contribution is 5.56. The van der Waals surface area contributed by atoms with Gasteiger partial charge in [0.15, 0.2) is 0 Å². The van der Waals surface area contributed by atoms with Crippen molar-refractivity contribution in [3.05, 3.63) is 11.9 Å². The molecule has 2 atom stereocenters. The molecular weight excluding hydrogens is 228 g/mol. The molecule has 1 aromatic heterocycles. The molecule has 100 valence electrons. The Morgan fingerprint density at radius 2 is 2.22 bits per heavy atom.